The standard InChI is InChI=1S/C14H17F3O4/c1-13(2,20-3)6-7-21-9-4-5-11(14(15,16)17)10(8-9)12(18)19/h4-5,8H,6-7H2,1-3H3,(H,18,19). The van der Waals surface area contributed by atoms with E-state index in [0.29, 0.717) is 12.5 Å². The van der Waals surface area contributed by atoms with Crippen LogP contribution in [0.3, 0.4) is 0 Å². The van der Waals surface area contributed by atoms with Gasteiger partial charge >= 0.3 is 12.1 Å². The summed E-state index contributed by atoms with van der Waals surface area (Å²) in [6.45, 7) is 3.88. The number of rotatable bonds is 6. The van der Waals surface area contributed by atoms with Crippen LogP contribution in [0.4, 0.5) is 13.2 Å². The fraction of sp³-hybridized carbons (Fsp3) is 0.500. The lowest BCUT2D eigenvalue weighted by Crippen LogP contribution is -2.25. The maximum Gasteiger partial charge on any atom is 0.417 e. The molecule has 0 aromatic heterocycles. The molecule has 0 radical (unpaired) electrons. The molecule has 0 bridgehead atoms. The van der Waals surface area contributed by atoms with E-state index < -0.39 is 28.9 Å². The highest BCUT2D eigenvalue weighted by molar-refractivity contribution is 5.90. The second-order valence-electron chi connectivity index (χ2n) is 5.07. The van der Waals surface area contributed by atoms with Gasteiger partial charge in [-0.05, 0) is 32.0 Å². The Morgan fingerprint density at radius 1 is 1.29 bits per heavy atom. The van der Waals surface area contributed by atoms with Crippen molar-refractivity contribution in [2.24, 2.45) is 0 Å². The first-order valence-corrected chi connectivity index (χ1v) is 6.19. The number of halogens is 3. The van der Waals surface area contributed by atoms with Crippen LogP contribution in [-0.2, 0) is 10.9 Å². The van der Waals surface area contributed by atoms with E-state index in [9.17, 15) is 18.0 Å². The summed E-state index contributed by atoms with van der Waals surface area (Å²) in [5.74, 6) is -1.57. The lowest BCUT2D eigenvalue weighted by molar-refractivity contribution is -0.138. The Hall–Kier alpha value is -1.76. The smallest absolute Gasteiger partial charge is 0.417 e. The van der Waals surface area contributed by atoms with Gasteiger partial charge in [-0.3, -0.25) is 0 Å². The molecule has 0 heterocycles. The van der Waals surface area contributed by atoms with E-state index in [4.69, 9.17) is 14.6 Å². The predicted octanol–water partition coefficient (Wildman–Crippen LogP) is 3.60. The van der Waals surface area contributed by atoms with Crippen LogP contribution in [0.25, 0.3) is 0 Å². The van der Waals surface area contributed by atoms with E-state index >= 15 is 0 Å². The van der Waals surface area contributed by atoms with Crippen molar-refractivity contribution in [3.05, 3.63) is 29.3 Å². The number of ether oxygens (including phenoxy) is 2. The van der Waals surface area contributed by atoms with E-state index in [1.807, 2.05) is 13.8 Å². The van der Waals surface area contributed by atoms with Crippen molar-refractivity contribution in [1.29, 1.82) is 0 Å². The molecule has 1 rings (SSSR count). The Labute approximate surface area is 120 Å². The van der Waals surface area contributed by atoms with Crippen LogP contribution in [0.2, 0.25) is 0 Å². The minimum atomic E-state index is -4.72. The molecule has 1 aromatic rings. The van der Waals surface area contributed by atoms with Gasteiger partial charge in [-0.2, -0.15) is 13.2 Å². The summed E-state index contributed by atoms with van der Waals surface area (Å²) in [6.07, 6.45) is -4.21. The largest absolute Gasteiger partial charge is 0.493 e. The zero-order chi connectivity index (χ0) is 16.3. The lowest BCUT2D eigenvalue weighted by Gasteiger charge is -2.22. The number of benzene rings is 1. The number of hydrogen-bond donors (Lipinski definition) is 1. The lowest BCUT2D eigenvalue weighted by atomic mass is 10.1. The van der Waals surface area contributed by atoms with Gasteiger partial charge < -0.3 is 14.6 Å². The zero-order valence-electron chi connectivity index (χ0n) is 12.0. The summed E-state index contributed by atoms with van der Waals surface area (Å²) in [4.78, 5) is 10.9. The number of aromatic carboxylic acids is 1. The van der Waals surface area contributed by atoms with Crippen molar-refractivity contribution < 1.29 is 32.5 Å². The highest BCUT2D eigenvalue weighted by atomic mass is 19.4. The van der Waals surface area contributed by atoms with Gasteiger partial charge in [-0.25, -0.2) is 4.79 Å². The average molecular weight is 306 g/mol. The van der Waals surface area contributed by atoms with Gasteiger partial charge in [0.25, 0.3) is 0 Å². The number of carboxylic acids is 1. The molecule has 118 valence electrons. The molecule has 1 N–H and O–H groups in total. The van der Waals surface area contributed by atoms with E-state index in [1.165, 1.54) is 0 Å². The molecule has 0 atom stereocenters. The Morgan fingerprint density at radius 2 is 1.90 bits per heavy atom. The topological polar surface area (TPSA) is 55.8 Å². The number of hydrogen-bond acceptors (Lipinski definition) is 3. The number of carboxylic acid groups (broad SMARTS) is 1. The molecule has 1 aromatic carbocycles. The summed E-state index contributed by atoms with van der Waals surface area (Å²) in [5, 5.41) is 8.87. The molecule has 7 heteroatoms. The summed E-state index contributed by atoms with van der Waals surface area (Å²) >= 11 is 0. The van der Waals surface area contributed by atoms with Crippen molar-refractivity contribution in [3.63, 3.8) is 0 Å². The van der Waals surface area contributed by atoms with Crippen molar-refractivity contribution in [2.45, 2.75) is 32.0 Å². The first kappa shape index (κ1) is 17.3. The van der Waals surface area contributed by atoms with Crippen molar-refractivity contribution in [3.8, 4) is 5.75 Å². The molecule has 0 saturated carbocycles. The molecular formula is C14H17F3O4. The number of carbonyl (C=O) groups is 1. The predicted molar refractivity (Wildman–Crippen MR) is 69.6 cm³/mol. The Morgan fingerprint density at radius 3 is 2.38 bits per heavy atom. The number of methoxy groups -OCH3 is 1. The maximum atomic E-state index is 12.7. The quantitative estimate of drug-likeness (QED) is 0.872. The van der Waals surface area contributed by atoms with E-state index in [-0.39, 0.29) is 12.4 Å². The Balaban J connectivity index is 2.87. The van der Waals surface area contributed by atoms with Gasteiger partial charge in [0.15, 0.2) is 0 Å². The highest BCUT2D eigenvalue weighted by Gasteiger charge is 2.35. The molecule has 0 unspecified atom stereocenters. The molecule has 0 fully saturated rings. The second kappa shape index (κ2) is 6.34. The van der Waals surface area contributed by atoms with E-state index in [2.05, 4.69) is 0 Å². The minimum absolute atomic E-state index is 0.0762. The third kappa shape index (κ3) is 4.93. The molecule has 4 nitrogen and oxygen atoms in total. The third-order valence-corrected chi connectivity index (χ3v) is 3.05. The first-order chi connectivity index (χ1) is 9.57. The molecule has 0 aliphatic heterocycles. The van der Waals surface area contributed by atoms with Crippen molar-refractivity contribution in [2.75, 3.05) is 13.7 Å². The van der Waals surface area contributed by atoms with Crippen LogP contribution in [-0.4, -0.2) is 30.4 Å². The Bertz CT molecular complexity index is 509. The van der Waals surface area contributed by atoms with Gasteiger partial charge in [0.05, 0.1) is 23.3 Å². The molecule has 0 saturated heterocycles. The van der Waals surface area contributed by atoms with Crippen LogP contribution in [0, 0.1) is 0 Å². The summed E-state index contributed by atoms with van der Waals surface area (Å²) in [7, 11) is 1.54. The summed E-state index contributed by atoms with van der Waals surface area (Å²) in [6, 6.07) is 2.69. The van der Waals surface area contributed by atoms with Gasteiger partial charge in [-0.15, -0.1) is 0 Å². The van der Waals surface area contributed by atoms with Crippen LogP contribution in [0.15, 0.2) is 18.2 Å². The molecular weight excluding hydrogens is 289 g/mol. The van der Waals surface area contributed by atoms with Gasteiger partial charge in [0, 0.05) is 13.5 Å². The minimum Gasteiger partial charge on any atom is -0.493 e. The SMILES string of the molecule is COC(C)(C)CCOc1ccc(C(F)(F)F)c(C(=O)O)c1. The maximum absolute atomic E-state index is 12.7. The van der Waals surface area contributed by atoms with Crippen molar-refractivity contribution >= 4 is 5.97 Å². The van der Waals surface area contributed by atoms with Gasteiger partial charge in [0.1, 0.15) is 5.75 Å². The third-order valence-electron chi connectivity index (χ3n) is 3.05. The van der Waals surface area contributed by atoms with Gasteiger partial charge in [-0.1, -0.05) is 0 Å². The van der Waals surface area contributed by atoms with Gasteiger partial charge in [0.2, 0.25) is 0 Å². The summed E-state index contributed by atoms with van der Waals surface area (Å²) < 4.78 is 48.5. The highest BCUT2D eigenvalue weighted by Crippen LogP contribution is 2.34. The zero-order valence-corrected chi connectivity index (χ0v) is 12.0. The summed E-state index contributed by atoms with van der Waals surface area (Å²) in [5.41, 5.74) is -2.45. The monoisotopic (exact) mass is 306 g/mol. The Kier molecular flexibility index (Phi) is 5.22. The molecule has 0 spiro atoms. The van der Waals surface area contributed by atoms with Crippen molar-refractivity contribution in [1.82, 2.24) is 0 Å². The van der Waals surface area contributed by atoms with E-state index in [1.54, 1.807) is 7.11 Å². The fourth-order valence-corrected chi connectivity index (χ4v) is 1.55. The molecule has 0 amide bonds. The molecule has 0 aliphatic rings. The molecule has 0 aliphatic carbocycles. The first-order valence-electron chi connectivity index (χ1n) is 6.19. The van der Waals surface area contributed by atoms with Crippen LogP contribution >= 0.6 is 0 Å². The van der Waals surface area contributed by atoms with Crippen LogP contribution < -0.4 is 4.74 Å². The normalized spacial score (nSPS) is 12.3. The average Bonchev–Trinajstić information content (AvgIpc) is 2.37. The fourth-order valence-electron chi connectivity index (χ4n) is 1.55. The second-order valence-corrected chi connectivity index (χ2v) is 5.07. The van der Waals surface area contributed by atoms with E-state index in [0.717, 1.165) is 12.1 Å². The van der Waals surface area contributed by atoms with Crippen LogP contribution in [0.1, 0.15) is 36.2 Å². The molecule has 21 heavy (non-hydrogen) atoms. The number of alkyl halides is 3. The van der Waals surface area contributed by atoms with Crippen LogP contribution in [0.5, 0.6) is 5.75 Å².